The van der Waals surface area contributed by atoms with Crippen LogP contribution in [0, 0.1) is 10.1 Å². The summed E-state index contributed by atoms with van der Waals surface area (Å²) in [6, 6.07) is 2.32. The van der Waals surface area contributed by atoms with Crippen LogP contribution in [0.25, 0.3) is 6.08 Å². The molecule has 0 fully saturated rings. The summed E-state index contributed by atoms with van der Waals surface area (Å²) >= 11 is 0. The summed E-state index contributed by atoms with van der Waals surface area (Å²) in [5.41, 5.74) is -2.29. The largest absolute Gasteiger partial charge is 0.444 e. The summed E-state index contributed by atoms with van der Waals surface area (Å²) < 4.78 is 42.9. The van der Waals surface area contributed by atoms with Crippen LogP contribution in [0.15, 0.2) is 24.3 Å². The van der Waals surface area contributed by atoms with Crippen molar-refractivity contribution in [1.29, 1.82) is 0 Å². The maximum Gasteiger partial charge on any atom is 0.416 e. The quantitative estimate of drug-likeness (QED) is 0.475. The number of nitrogens with zero attached hydrogens (tertiary/aromatic N) is 1. The first-order chi connectivity index (χ1) is 11.4. The zero-order chi connectivity index (χ0) is 19.3. The number of carbonyl (C=O) groups excluding carboxylic acids is 1. The highest BCUT2D eigenvalue weighted by molar-refractivity contribution is 5.67. The van der Waals surface area contributed by atoms with Crippen LogP contribution in [0.2, 0.25) is 0 Å². The maximum absolute atomic E-state index is 12.6. The number of hydrogen-bond donors (Lipinski definition) is 1. The van der Waals surface area contributed by atoms with E-state index in [9.17, 15) is 28.1 Å². The second kappa shape index (κ2) is 8.00. The Bertz CT molecular complexity index is 664. The van der Waals surface area contributed by atoms with Crippen molar-refractivity contribution in [3.63, 3.8) is 0 Å². The second-order valence-electron chi connectivity index (χ2n) is 6.15. The van der Waals surface area contributed by atoms with Gasteiger partial charge in [0.25, 0.3) is 5.69 Å². The Morgan fingerprint density at radius 3 is 2.48 bits per heavy atom. The van der Waals surface area contributed by atoms with E-state index in [1.807, 2.05) is 0 Å². The molecule has 0 saturated carbocycles. The number of carbonyl (C=O) groups is 1. The summed E-state index contributed by atoms with van der Waals surface area (Å²) in [6.45, 7) is 5.38. The van der Waals surface area contributed by atoms with Crippen molar-refractivity contribution in [3.05, 3.63) is 45.5 Å². The number of nitrogens with one attached hydrogen (secondary N) is 1. The van der Waals surface area contributed by atoms with Crippen molar-refractivity contribution in [1.82, 2.24) is 5.32 Å². The molecule has 1 amide bonds. The molecule has 138 valence electrons. The third kappa shape index (κ3) is 7.23. The van der Waals surface area contributed by atoms with Gasteiger partial charge in [0.2, 0.25) is 0 Å². The topological polar surface area (TPSA) is 81.5 Å². The number of alkyl carbamates (subject to hydrolysis) is 1. The molecule has 0 atom stereocenters. The molecule has 25 heavy (non-hydrogen) atoms. The molecule has 1 rings (SSSR count). The Morgan fingerprint density at radius 1 is 1.32 bits per heavy atom. The first-order valence-corrected chi connectivity index (χ1v) is 7.39. The zero-order valence-electron chi connectivity index (χ0n) is 14.0. The summed E-state index contributed by atoms with van der Waals surface area (Å²) in [5, 5.41) is 13.4. The fraction of sp³-hybridized carbons (Fsp3) is 0.438. The van der Waals surface area contributed by atoms with Gasteiger partial charge < -0.3 is 10.1 Å². The number of halogens is 3. The Balaban J connectivity index is 2.69. The Labute approximate surface area is 142 Å². The smallest absolute Gasteiger partial charge is 0.416 e. The summed E-state index contributed by atoms with van der Waals surface area (Å²) in [4.78, 5) is 21.5. The Kier molecular flexibility index (Phi) is 6.55. The number of rotatable bonds is 5. The minimum absolute atomic E-state index is 0.0512. The molecule has 0 heterocycles. The standard InChI is InChI=1S/C16H19F3N2O4/c1-15(2,3)25-14(22)20-9-5-4-6-11-7-8-12(16(17,18)19)10-13(11)21(23)24/h4,6-8,10H,5,9H2,1-3H3,(H,20,22). The fourth-order valence-electron chi connectivity index (χ4n) is 1.80. The first-order valence-electron chi connectivity index (χ1n) is 7.39. The van der Waals surface area contributed by atoms with Crippen LogP contribution in [-0.4, -0.2) is 23.2 Å². The molecule has 0 unspecified atom stereocenters. The highest BCUT2D eigenvalue weighted by Gasteiger charge is 2.32. The lowest BCUT2D eigenvalue weighted by Gasteiger charge is -2.19. The minimum atomic E-state index is -4.65. The molecular weight excluding hydrogens is 341 g/mol. The third-order valence-electron chi connectivity index (χ3n) is 2.83. The van der Waals surface area contributed by atoms with Crippen molar-refractivity contribution < 1.29 is 27.6 Å². The number of benzene rings is 1. The van der Waals surface area contributed by atoms with E-state index in [0.29, 0.717) is 12.5 Å². The van der Waals surface area contributed by atoms with Gasteiger partial charge in [-0.15, -0.1) is 0 Å². The molecule has 0 bridgehead atoms. The lowest BCUT2D eigenvalue weighted by molar-refractivity contribution is -0.385. The molecule has 1 aromatic rings. The highest BCUT2D eigenvalue weighted by Crippen LogP contribution is 2.33. The number of nitro groups is 1. The highest BCUT2D eigenvalue weighted by atomic mass is 19.4. The molecule has 0 aliphatic heterocycles. The van der Waals surface area contributed by atoms with Gasteiger partial charge >= 0.3 is 12.3 Å². The second-order valence-corrected chi connectivity index (χ2v) is 6.15. The van der Waals surface area contributed by atoms with Gasteiger partial charge in [-0.05, 0) is 39.3 Å². The van der Waals surface area contributed by atoms with Crippen LogP contribution in [0.1, 0.15) is 38.3 Å². The van der Waals surface area contributed by atoms with E-state index in [2.05, 4.69) is 5.32 Å². The van der Waals surface area contributed by atoms with Crippen LogP contribution in [0.4, 0.5) is 23.7 Å². The first kappa shape index (κ1) is 20.5. The van der Waals surface area contributed by atoms with Gasteiger partial charge in [-0.25, -0.2) is 4.79 Å². The van der Waals surface area contributed by atoms with Gasteiger partial charge in [0.05, 0.1) is 16.1 Å². The molecule has 0 saturated heterocycles. The number of alkyl halides is 3. The molecule has 9 heteroatoms. The monoisotopic (exact) mass is 360 g/mol. The molecule has 0 radical (unpaired) electrons. The lowest BCUT2D eigenvalue weighted by Crippen LogP contribution is -2.32. The number of ether oxygens (including phenoxy) is 1. The number of hydrogen-bond acceptors (Lipinski definition) is 4. The molecule has 1 aromatic carbocycles. The molecular formula is C16H19F3N2O4. The van der Waals surface area contributed by atoms with Gasteiger partial charge in [0.1, 0.15) is 5.60 Å². The number of nitro benzene ring substituents is 1. The van der Waals surface area contributed by atoms with E-state index in [1.54, 1.807) is 20.8 Å². The lowest BCUT2D eigenvalue weighted by atomic mass is 10.1. The average molecular weight is 360 g/mol. The molecule has 1 N–H and O–H groups in total. The predicted molar refractivity (Wildman–Crippen MR) is 86.0 cm³/mol. The third-order valence-corrected chi connectivity index (χ3v) is 2.83. The van der Waals surface area contributed by atoms with E-state index in [1.165, 1.54) is 12.2 Å². The molecule has 0 spiro atoms. The van der Waals surface area contributed by atoms with Crippen LogP contribution < -0.4 is 5.32 Å². The van der Waals surface area contributed by atoms with Crippen molar-refractivity contribution in [2.24, 2.45) is 0 Å². The summed E-state index contributed by atoms with van der Waals surface area (Å²) in [7, 11) is 0. The van der Waals surface area contributed by atoms with Crippen LogP contribution in [-0.2, 0) is 10.9 Å². The van der Waals surface area contributed by atoms with Crippen molar-refractivity contribution in [3.8, 4) is 0 Å². The van der Waals surface area contributed by atoms with E-state index in [4.69, 9.17) is 4.74 Å². The number of amides is 1. The molecule has 6 nitrogen and oxygen atoms in total. The Morgan fingerprint density at radius 2 is 1.96 bits per heavy atom. The molecule has 0 aliphatic rings. The van der Waals surface area contributed by atoms with E-state index in [-0.39, 0.29) is 12.1 Å². The molecule has 0 aromatic heterocycles. The normalized spacial score (nSPS) is 12.2. The van der Waals surface area contributed by atoms with E-state index in [0.717, 1.165) is 12.1 Å². The van der Waals surface area contributed by atoms with E-state index >= 15 is 0 Å². The van der Waals surface area contributed by atoms with Crippen LogP contribution in [0.5, 0.6) is 0 Å². The van der Waals surface area contributed by atoms with Crippen LogP contribution >= 0.6 is 0 Å². The Hall–Kier alpha value is -2.58. The van der Waals surface area contributed by atoms with Gasteiger partial charge in [0, 0.05) is 12.6 Å². The van der Waals surface area contributed by atoms with Crippen molar-refractivity contribution >= 4 is 17.9 Å². The minimum Gasteiger partial charge on any atom is -0.444 e. The summed E-state index contributed by atoms with van der Waals surface area (Å²) in [6.07, 6.45) is -2.05. The van der Waals surface area contributed by atoms with Gasteiger partial charge in [-0.1, -0.05) is 12.2 Å². The van der Waals surface area contributed by atoms with Gasteiger partial charge in [0.15, 0.2) is 0 Å². The predicted octanol–water partition coefficient (Wildman–Crippen LogP) is 4.54. The average Bonchev–Trinajstić information content (AvgIpc) is 2.43. The fourth-order valence-corrected chi connectivity index (χ4v) is 1.80. The SMILES string of the molecule is CC(C)(C)OC(=O)NCCC=Cc1ccc(C(F)(F)F)cc1[N+](=O)[O-]. The summed E-state index contributed by atoms with van der Waals surface area (Å²) in [5.74, 6) is 0. The molecule has 0 aliphatic carbocycles. The van der Waals surface area contributed by atoms with Crippen LogP contribution in [0.3, 0.4) is 0 Å². The van der Waals surface area contributed by atoms with Gasteiger partial charge in [-0.2, -0.15) is 13.2 Å². The van der Waals surface area contributed by atoms with Crippen molar-refractivity contribution in [2.75, 3.05) is 6.54 Å². The maximum atomic E-state index is 12.6. The van der Waals surface area contributed by atoms with Crippen molar-refractivity contribution in [2.45, 2.75) is 39.0 Å². The zero-order valence-corrected chi connectivity index (χ0v) is 14.0. The van der Waals surface area contributed by atoms with Gasteiger partial charge in [-0.3, -0.25) is 10.1 Å². The van der Waals surface area contributed by atoms with E-state index < -0.39 is 34.0 Å².